The minimum Gasteiger partial charge on any atom is -0.744 e. The normalized spacial score (nSPS) is 11.8. The third-order valence-electron chi connectivity index (χ3n) is 3.80. The van der Waals surface area contributed by atoms with Gasteiger partial charge in [0.25, 0.3) is 0 Å². The van der Waals surface area contributed by atoms with E-state index >= 15 is 0 Å². The molecule has 0 spiro atoms. The number of hydrogen-bond acceptors (Lipinski definition) is 10. The molecule has 10 nitrogen and oxygen atoms in total. The van der Waals surface area contributed by atoms with Gasteiger partial charge in [-0.15, -0.1) is 10.2 Å². The molecule has 0 saturated heterocycles. The number of azo groups is 1. The maximum absolute atomic E-state index is 11.3. The smallest absolute Gasteiger partial charge is 0.744 e. The predicted molar refractivity (Wildman–Crippen MR) is 98.8 cm³/mol. The molecule has 3 aromatic carbocycles. The fraction of sp³-hybridized carbons (Fsp3) is 0. The number of phenols is 2. The number of nitrogens with zero attached hydrogens (tertiary/aromatic N) is 2. The van der Waals surface area contributed by atoms with E-state index in [0.29, 0.717) is 6.07 Å². The quantitative estimate of drug-likeness (QED) is 0.217. The summed E-state index contributed by atoms with van der Waals surface area (Å²) in [5.41, 5.74) is -0.438. The maximum Gasteiger partial charge on any atom is 1.00 e. The summed E-state index contributed by atoms with van der Waals surface area (Å²) in [6, 6.07) is 7.66. The Morgan fingerprint density at radius 2 is 1.35 bits per heavy atom. The van der Waals surface area contributed by atoms with Crippen molar-refractivity contribution >= 4 is 54.0 Å². The van der Waals surface area contributed by atoms with Crippen LogP contribution in [0.25, 0.3) is 10.8 Å². The van der Waals surface area contributed by atoms with Crippen molar-refractivity contribution in [2.75, 3.05) is 0 Å². The Kier molecular flexibility index (Phi) is 9.52. The maximum atomic E-state index is 11.3. The largest absolute Gasteiger partial charge is 1.00 e. The van der Waals surface area contributed by atoms with Crippen molar-refractivity contribution in [3.8, 4) is 11.5 Å². The van der Waals surface area contributed by atoms with Crippen LogP contribution >= 0.6 is 11.6 Å². The zero-order chi connectivity index (χ0) is 21.6. The van der Waals surface area contributed by atoms with Gasteiger partial charge >= 0.3 is 59.1 Å². The van der Waals surface area contributed by atoms with Crippen LogP contribution in [0, 0.1) is 0 Å². The van der Waals surface area contributed by atoms with Crippen molar-refractivity contribution in [3.05, 3.63) is 47.5 Å². The van der Waals surface area contributed by atoms with Gasteiger partial charge in [0.1, 0.15) is 37.4 Å². The molecule has 3 aromatic rings. The molecule has 0 unspecified atom stereocenters. The molecule has 0 saturated carbocycles. The van der Waals surface area contributed by atoms with E-state index < -0.39 is 46.5 Å². The van der Waals surface area contributed by atoms with Crippen molar-refractivity contribution < 1.29 is 95.3 Å². The molecule has 0 amide bonds. The topological polar surface area (TPSA) is 180 Å². The van der Waals surface area contributed by atoms with Gasteiger partial charge in [-0.3, -0.25) is 0 Å². The number of hydrogen-bond donors (Lipinski definition) is 2. The van der Waals surface area contributed by atoms with Gasteiger partial charge in [-0.1, -0.05) is 29.8 Å². The summed E-state index contributed by atoms with van der Waals surface area (Å²) < 4.78 is 67.2. The number of halogens is 1. The number of rotatable bonds is 4. The molecule has 0 atom stereocenters. The Bertz CT molecular complexity index is 1400. The SMILES string of the molecule is O=S(=O)([O-])c1cc(O)c(N=Nc2ccc3c(S(=O)(=O)[O-])cccc3c2O)cc1Cl.[Na+].[Na+]. The molecular weight excluding hydrogens is 494 g/mol. The summed E-state index contributed by atoms with van der Waals surface area (Å²) in [4.78, 5) is -1.36. The van der Waals surface area contributed by atoms with E-state index in [4.69, 9.17) is 11.6 Å². The Morgan fingerprint density at radius 3 is 1.94 bits per heavy atom. The zero-order valence-electron chi connectivity index (χ0n) is 16.0. The first kappa shape index (κ1) is 28.3. The van der Waals surface area contributed by atoms with Crippen LogP contribution in [0.4, 0.5) is 11.4 Å². The Morgan fingerprint density at radius 1 is 0.774 bits per heavy atom. The van der Waals surface area contributed by atoms with E-state index in [-0.39, 0.29) is 81.3 Å². The second kappa shape index (κ2) is 10.4. The van der Waals surface area contributed by atoms with Gasteiger partial charge in [-0.05, 0) is 18.2 Å². The van der Waals surface area contributed by atoms with Crippen LogP contribution in [-0.2, 0) is 20.2 Å². The minimum absolute atomic E-state index is 0. The second-order valence-electron chi connectivity index (χ2n) is 5.66. The molecule has 0 aliphatic heterocycles. The summed E-state index contributed by atoms with van der Waals surface area (Å²) in [5.74, 6) is -1.19. The van der Waals surface area contributed by atoms with Crippen LogP contribution in [0.3, 0.4) is 0 Å². The third kappa shape index (κ3) is 6.18. The molecule has 0 aliphatic carbocycles. The average Bonchev–Trinajstić information content (AvgIpc) is 2.61. The summed E-state index contributed by atoms with van der Waals surface area (Å²) in [6.45, 7) is 0. The molecule has 0 aromatic heterocycles. The number of aromatic hydroxyl groups is 2. The first-order valence-corrected chi connectivity index (χ1v) is 10.7. The summed E-state index contributed by atoms with van der Waals surface area (Å²) in [7, 11) is -9.69. The Hall–Kier alpha value is -0.770. The van der Waals surface area contributed by atoms with E-state index in [0.717, 1.165) is 12.1 Å². The fourth-order valence-electron chi connectivity index (χ4n) is 2.51. The van der Waals surface area contributed by atoms with E-state index in [2.05, 4.69) is 10.2 Å². The van der Waals surface area contributed by atoms with Crippen LogP contribution in [0.2, 0.25) is 5.02 Å². The van der Waals surface area contributed by atoms with Crippen molar-refractivity contribution in [2.45, 2.75) is 9.79 Å². The molecule has 0 fully saturated rings. The van der Waals surface area contributed by atoms with Crippen molar-refractivity contribution in [3.63, 3.8) is 0 Å². The average molecular weight is 503 g/mol. The molecule has 0 bridgehead atoms. The zero-order valence-corrected chi connectivity index (χ0v) is 22.4. The van der Waals surface area contributed by atoms with Gasteiger partial charge < -0.3 is 19.3 Å². The first-order valence-electron chi connectivity index (χ1n) is 7.50. The molecule has 3 rings (SSSR count). The Labute approximate surface area is 226 Å². The van der Waals surface area contributed by atoms with Gasteiger partial charge in [0.15, 0.2) is 5.75 Å². The molecule has 15 heteroatoms. The van der Waals surface area contributed by atoms with Crippen molar-refractivity contribution in [2.24, 2.45) is 10.2 Å². The standard InChI is InChI=1S/C16H11ClN2O8S2.2Na/c17-10-6-12(13(20)7-15(10)29(25,26)27)19-18-11-5-4-8-9(16(11)21)2-1-3-14(8)28(22,23)24;;/h1-7,20-21H,(H,22,23,24)(H,25,26,27);;/q;2*+1/p-2. The van der Waals surface area contributed by atoms with Crippen LogP contribution < -0.4 is 59.1 Å². The van der Waals surface area contributed by atoms with E-state index in [9.17, 15) is 36.2 Å². The third-order valence-corrected chi connectivity index (χ3v) is 6.00. The molecule has 2 N–H and O–H groups in total. The van der Waals surface area contributed by atoms with Gasteiger partial charge in [0.05, 0.1) is 14.8 Å². The fourth-order valence-corrected chi connectivity index (χ4v) is 4.20. The van der Waals surface area contributed by atoms with E-state index in [1.807, 2.05) is 0 Å². The molecule has 0 aliphatic rings. The van der Waals surface area contributed by atoms with E-state index in [1.165, 1.54) is 24.3 Å². The van der Waals surface area contributed by atoms with Crippen molar-refractivity contribution in [1.82, 2.24) is 0 Å². The Balaban J connectivity index is 0.00000240. The minimum atomic E-state index is -4.92. The van der Waals surface area contributed by atoms with Crippen LogP contribution in [0.15, 0.2) is 62.5 Å². The monoisotopic (exact) mass is 502 g/mol. The molecular formula is C16H9ClN2Na2O8S2. The summed E-state index contributed by atoms with van der Waals surface area (Å²) in [5, 5.41) is 27.1. The molecule has 0 heterocycles. The number of phenolic OH excluding ortho intramolecular Hbond substituents is 2. The molecule has 31 heavy (non-hydrogen) atoms. The van der Waals surface area contributed by atoms with Crippen molar-refractivity contribution in [1.29, 1.82) is 0 Å². The summed E-state index contributed by atoms with van der Waals surface area (Å²) in [6.07, 6.45) is 0. The first-order chi connectivity index (χ1) is 13.4. The molecule has 152 valence electrons. The van der Waals surface area contributed by atoms with Crippen LogP contribution in [0.1, 0.15) is 0 Å². The van der Waals surface area contributed by atoms with E-state index in [1.54, 1.807) is 0 Å². The second-order valence-corrected chi connectivity index (χ2v) is 8.77. The van der Waals surface area contributed by atoms with Gasteiger partial charge in [0.2, 0.25) is 0 Å². The van der Waals surface area contributed by atoms with Crippen LogP contribution in [0.5, 0.6) is 11.5 Å². The van der Waals surface area contributed by atoms with Crippen LogP contribution in [-0.4, -0.2) is 36.2 Å². The number of benzene rings is 3. The van der Waals surface area contributed by atoms with Gasteiger partial charge in [0, 0.05) is 16.8 Å². The molecule has 0 radical (unpaired) electrons. The van der Waals surface area contributed by atoms with Gasteiger partial charge in [-0.2, -0.15) is 0 Å². The summed E-state index contributed by atoms with van der Waals surface area (Å²) >= 11 is 5.71. The van der Waals surface area contributed by atoms with Gasteiger partial charge in [-0.25, -0.2) is 16.8 Å². The predicted octanol–water partition coefficient (Wildman–Crippen LogP) is -2.86. The number of fused-ring (bicyclic) bond motifs is 1.